The van der Waals surface area contributed by atoms with Gasteiger partial charge in [-0.3, -0.25) is 10.8 Å². The molecule has 88 valence electrons. The van der Waals surface area contributed by atoms with Crippen LogP contribution >= 0.6 is 0 Å². The van der Waals surface area contributed by atoms with E-state index in [2.05, 4.69) is 10.2 Å². The summed E-state index contributed by atoms with van der Waals surface area (Å²) in [4.78, 5) is 0. The molecule has 0 aliphatic carbocycles. The van der Waals surface area contributed by atoms with Crippen LogP contribution in [0.15, 0.2) is 70.9 Å². The Kier molecular flexibility index (Phi) is 3.71. The van der Waals surface area contributed by atoms with Crippen LogP contribution in [0.25, 0.3) is 0 Å². The van der Waals surface area contributed by atoms with E-state index in [0.717, 1.165) is 0 Å². The number of nitrogens with one attached hydrogen (secondary N) is 2. The molecule has 2 rings (SSSR count). The van der Waals surface area contributed by atoms with Crippen LogP contribution in [0.5, 0.6) is 0 Å². The molecular weight excluding hydrogens is 224 g/mol. The maximum Gasteiger partial charge on any atom is 0.174 e. The van der Waals surface area contributed by atoms with Crippen LogP contribution in [0, 0.1) is 10.8 Å². The summed E-state index contributed by atoms with van der Waals surface area (Å²) in [6.07, 6.45) is 0. The average molecular weight is 236 g/mol. The number of amidine groups is 2. The van der Waals surface area contributed by atoms with E-state index in [1.54, 1.807) is 24.3 Å². The fourth-order valence-electron chi connectivity index (χ4n) is 1.41. The first-order valence-corrected chi connectivity index (χ1v) is 5.47. The van der Waals surface area contributed by atoms with Crippen molar-refractivity contribution in [2.24, 2.45) is 10.2 Å². The third-order valence-corrected chi connectivity index (χ3v) is 2.34. The van der Waals surface area contributed by atoms with Crippen molar-refractivity contribution >= 4 is 11.7 Å². The van der Waals surface area contributed by atoms with Crippen LogP contribution in [0.3, 0.4) is 0 Å². The minimum absolute atomic E-state index is 0.0521. The third-order valence-electron chi connectivity index (χ3n) is 2.34. The molecular formula is C14H12N4. The average Bonchev–Trinajstić information content (AvgIpc) is 2.46. The second-order valence-electron chi connectivity index (χ2n) is 3.63. The molecule has 0 saturated heterocycles. The Bertz CT molecular complexity index is 520. The first-order valence-electron chi connectivity index (χ1n) is 5.47. The molecule has 4 heteroatoms. The third kappa shape index (κ3) is 2.95. The molecule has 0 unspecified atom stereocenters. The largest absolute Gasteiger partial charge is 0.281 e. The smallest absolute Gasteiger partial charge is 0.174 e. The van der Waals surface area contributed by atoms with E-state index in [4.69, 9.17) is 10.8 Å². The fraction of sp³-hybridized carbons (Fsp3) is 0. The summed E-state index contributed by atoms with van der Waals surface area (Å²) in [6, 6.07) is 18.2. The molecule has 2 N–H and O–H groups in total. The summed E-state index contributed by atoms with van der Waals surface area (Å²) in [7, 11) is 0. The van der Waals surface area contributed by atoms with E-state index < -0.39 is 0 Å². The summed E-state index contributed by atoms with van der Waals surface area (Å²) in [5.41, 5.74) is 1.37. The highest BCUT2D eigenvalue weighted by atomic mass is 15.1. The Hall–Kier alpha value is -2.62. The van der Waals surface area contributed by atoms with Gasteiger partial charge >= 0.3 is 0 Å². The normalized spacial score (nSPS) is 10.4. The summed E-state index contributed by atoms with van der Waals surface area (Å²) in [5.74, 6) is 0.104. The van der Waals surface area contributed by atoms with Gasteiger partial charge in [0.15, 0.2) is 11.7 Å². The summed E-state index contributed by atoms with van der Waals surface area (Å²) >= 11 is 0. The van der Waals surface area contributed by atoms with Crippen molar-refractivity contribution in [1.29, 1.82) is 10.8 Å². The fourth-order valence-corrected chi connectivity index (χ4v) is 1.41. The first-order chi connectivity index (χ1) is 8.77. The Balaban J connectivity index is 2.08. The Labute approximate surface area is 105 Å². The summed E-state index contributed by atoms with van der Waals surface area (Å²) in [6.45, 7) is 0. The van der Waals surface area contributed by atoms with Gasteiger partial charge in [0.25, 0.3) is 0 Å². The zero-order valence-electron chi connectivity index (χ0n) is 9.67. The van der Waals surface area contributed by atoms with Crippen LogP contribution < -0.4 is 0 Å². The van der Waals surface area contributed by atoms with Crippen LogP contribution in [-0.2, 0) is 0 Å². The van der Waals surface area contributed by atoms with Crippen molar-refractivity contribution in [3.8, 4) is 0 Å². The predicted octanol–water partition coefficient (Wildman–Crippen LogP) is 3.49. The van der Waals surface area contributed by atoms with Gasteiger partial charge in [0, 0.05) is 11.1 Å². The number of hydrogen-bond donors (Lipinski definition) is 2. The van der Waals surface area contributed by atoms with E-state index in [1.807, 2.05) is 36.4 Å². The summed E-state index contributed by atoms with van der Waals surface area (Å²) < 4.78 is 0. The van der Waals surface area contributed by atoms with E-state index in [-0.39, 0.29) is 11.7 Å². The van der Waals surface area contributed by atoms with Crippen LogP contribution in [0.4, 0.5) is 0 Å². The molecule has 0 saturated carbocycles. The number of azo groups is 1. The Morgan fingerprint density at radius 2 is 0.944 bits per heavy atom. The van der Waals surface area contributed by atoms with Crippen LogP contribution in [-0.4, -0.2) is 11.7 Å². The van der Waals surface area contributed by atoms with Gasteiger partial charge in [0.1, 0.15) is 0 Å². The first kappa shape index (κ1) is 11.9. The zero-order chi connectivity index (χ0) is 12.8. The van der Waals surface area contributed by atoms with Gasteiger partial charge in [-0.25, -0.2) is 0 Å². The number of rotatable bonds is 2. The Morgan fingerprint density at radius 1 is 0.611 bits per heavy atom. The molecule has 0 bridgehead atoms. The van der Waals surface area contributed by atoms with Gasteiger partial charge in [0.2, 0.25) is 0 Å². The van der Waals surface area contributed by atoms with Crippen molar-refractivity contribution < 1.29 is 0 Å². The molecule has 2 aromatic carbocycles. The highest BCUT2D eigenvalue weighted by molar-refractivity contribution is 6.00. The molecule has 0 amide bonds. The van der Waals surface area contributed by atoms with Crippen molar-refractivity contribution in [3.63, 3.8) is 0 Å². The molecule has 0 fully saturated rings. The quantitative estimate of drug-likeness (QED) is 0.455. The summed E-state index contributed by atoms with van der Waals surface area (Å²) in [5, 5.41) is 23.0. The SMILES string of the molecule is N=C(N=NC(=N)c1ccccc1)c1ccccc1. The van der Waals surface area contributed by atoms with Crippen molar-refractivity contribution in [1.82, 2.24) is 0 Å². The highest BCUT2D eigenvalue weighted by Crippen LogP contribution is 2.04. The molecule has 0 aliphatic heterocycles. The molecule has 0 radical (unpaired) electrons. The van der Waals surface area contributed by atoms with E-state index in [1.165, 1.54) is 0 Å². The van der Waals surface area contributed by atoms with Gasteiger partial charge in [0.05, 0.1) is 0 Å². The van der Waals surface area contributed by atoms with Gasteiger partial charge in [-0.15, -0.1) is 10.2 Å². The van der Waals surface area contributed by atoms with Gasteiger partial charge in [-0.05, 0) is 0 Å². The maximum atomic E-state index is 7.73. The molecule has 0 aliphatic rings. The molecule has 0 aromatic heterocycles. The monoisotopic (exact) mass is 236 g/mol. The lowest BCUT2D eigenvalue weighted by molar-refractivity contribution is 1.25. The van der Waals surface area contributed by atoms with Crippen LogP contribution in [0.2, 0.25) is 0 Å². The van der Waals surface area contributed by atoms with E-state index >= 15 is 0 Å². The lowest BCUT2D eigenvalue weighted by Gasteiger charge is -1.97. The highest BCUT2D eigenvalue weighted by Gasteiger charge is 2.00. The zero-order valence-corrected chi connectivity index (χ0v) is 9.67. The molecule has 0 heterocycles. The Morgan fingerprint density at radius 3 is 1.28 bits per heavy atom. The van der Waals surface area contributed by atoms with Gasteiger partial charge < -0.3 is 0 Å². The van der Waals surface area contributed by atoms with Crippen molar-refractivity contribution in [2.75, 3.05) is 0 Å². The van der Waals surface area contributed by atoms with E-state index in [0.29, 0.717) is 11.1 Å². The van der Waals surface area contributed by atoms with E-state index in [9.17, 15) is 0 Å². The molecule has 18 heavy (non-hydrogen) atoms. The maximum absolute atomic E-state index is 7.73. The minimum Gasteiger partial charge on any atom is -0.281 e. The lowest BCUT2D eigenvalue weighted by Crippen LogP contribution is -1.97. The van der Waals surface area contributed by atoms with Gasteiger partial charge in [-0.2, -0.15) is 0 Å². The molecule has 0 spiro atoms. The molecule has 4 nitrogen and oxygen atoms in total. The topological polar surface area (TPSA) is 72.4 Å². The van der Waals surface area contributed by atoms with Crippen molar-refractivity contribution in [2.45, 2.75) is 0 Å². The predicted molar refractivity (Wildman–Crippen MR) is 71.4 cm³/mol. The minimum atomic E-state index is 0.0521. The van der Waals surface area contributed by atoms with Crippen molar-refractivity contribution in [3.05, 3.63) is 71.8 Å². The number of nitrogens with zero attached hydrogens (tertiary/aromatic N) is 2. The number of benzene rings is 2. The number of hydrogen-bond acceptors (Lipinski definition) is 2. The lowest BCUT2D eigenvalue weighted by atomic mass is 10.2. The van der Waals surface area contributed by atoms with Crippen LogP contribution in [0.1, 0.15) is 11.1 Å². The second kappa shape index (κ2) is 5.63. The second-order valence-corrected chi connectivity index (χ2v) is 3.63. The molecule has 2 aromatic rings. The molecule has 0 atom stereocenters. The van der Waals surface area contributed by atoms with Gasteiger partial charge in [-0.1, -0.05) is 60.7 Å². The standard InChI is InChI=1S/C14H12N4/c15-13(11-7-3-1-4-8-11)17-18-14(16)12-9-5-2-6-10-12/h1-10,15-16H.